The molecular weight excluding hydrogens is 274 g/mol. The molecule has 2 rings (SSSR count). The third kappa shape index (κ3) is 4.28. The molecule has 1 aromatic heterocycles. The molecule has 0 bridgehead atoms. The van der Waals surface area contributed by atoms with Crippen LogP contribution in [-0.2, 0) is 6.42 Å². The fourth-order valence-electron chi connectivity index (χ4n) is 2.12. The molecule has 0 aliphatic carbocycles. The number of benzene rings is 1. The maximum Gasteiger partial charge on any atom is 0.232 e. The van der Waals surface area contributed by atoms with Crippen molar-refractivity contribution < 1.29 is 0 Å². The topological polar surface area (TPSA) is 67.4 Å². The number of guanidine groups is 1. The standard InChI is InChI=1S/C17H23N5/c1-12-5-7-15(8-6-12)9-10-19-16(18)22(4)17-20-13(2)11-14(3)21-17/h5-8,11H,9-10H2,1-4H3,(H2,18,19). The molecule has 5 heteroatoms. The van der Waals surface area contributed by atoms with Crippen molar-refractivity contribution in [1.29, 1.82) is 0 Å². The Hall–Kier alpha value is -2.43. The van der Waals surface area contributed by atoms with Gasteiger partial charge in [0.1, 0.15) is 0 Å². The van der Waals surface area contributed by atoms with Crippen LogP contribution >= 0.6 is 0 Å². The van der Waals surface area contributed by atoms with Crippen molar-refractivity contribution in [2.24, 2.45) is 10.7 Å². The first kappa shape index (κ1) is 15.9. The number of hydrogen-bond acceptors (Lipinski definition) is 3. The van der Waals surface area contributed by atoms with Crippen LogP contribution in [-0.4, -0.2) is 29.5 Å². The normalized spacial score (nSPS) is 11.5. The molecule has 5 nitrogen and oxygen atoms in total. The largest absolute Gasteiger partial charge is 0.369 e. The second-order valence-corrected chi connectivity index (χ2v) is 5.49. The minimum Gasteiger partial charge on any atom is -0.369 e. The van der Waals surface area contributed by atoms with Gasteiger partial charge in [-0.3, -0.25) is 9.89 Å². The second kappa shape index (κ2) is 7.02. The monoisotopic (exact) mass is 297 g/mol. The number of rotatable bonds is 4. The zero-order valence-electron chi connectivity index (χ0n) is 13.7. The van der Waals surface area contributed by atoms with Gasteiger partial charge in [0.2, 0.25) is 5.95 Å². The Labute approximate surface area is 131 Å². The van der Waals surface area contributed by atoms with Crippen molar-refractivity contribution in [3.8, 4) is 0 Å². The molecule has 0 saturated heterocycles. The van der Waals surface area contributed by atoms with Crippen molar-refractivity contribution in [1.82, 2.24) is 9.97 Å². The fourth-order valence-corrected chi connectivity index (χ4v) is 2.12. The van der Waals surface area contributed by atoms with Crippen LogP contribution in [0.3, 0.4) is 0 Å². The maximum atomic E-state index is 6.03. The van der Waals surface area contributed by atoms with Gasteiger partial charge in [-0.15, -0.1) is 0 Å². The lowest BCUT2D eigenvalue weighted by Crippen LogP contribution is -2.35. The number of nitrogens with two attached hydrogens (primary N) is 1. The average Bonchev–Trinajstić information content (AvgIpc) is 2.47. The Balaban J connectivity index is 2.00. The highest BCUT2D eigenvalue weighted by Gasteiger charge is 2.09. The SMILES string of the molecule is Cc1ccc(CCN=C(N)N(C)c2nc(C)cc(C)n2)cc1. The van der Waals surface area contributed by atoms with E-state index in [0.717, 1.165) is 17.8 Å². The molecule has 0 unspecified atom stereocenters. The molecule has 0 saturated carbocycles. The van der Waals surface area contributed by atoms with E-state index in [9.17, 15) is 0 Å². The molecule has 22 heavy (non-hydrogen) atoms. The Morgan fingerprint density at radius 1 is 1.09 bits per heavy atom. The predicted molar refractivity (Wildman–Crippen MR) is 91.3 cm³/mol. The molecule has 0 radical (unpaired) electrons. The summed E-state index contributed by atoms with van der Waals surface area (Å²) in [5, 5.41) is 0. The zero-order chi connectivity index (χ0) is 16.1. The molecular formula is C17H23N5. The lowest BCUT2D eigenvalue weighted by molar-refractivity contribution is 0.940. The lowest BCUT2D eigenvalue weighted by atomic mass is 10.1. The van der Waals surface area contributed by atoms with Crippen molar-refractivity contribution in [3.05, 3.63) is 52.8 Å². The first-order chi connectivity index (χ1) is 10.5. The highest BCUT2D eigenvalue weighted by molar-refractivity contribution is 5.92. The summed E-state index contributed by atoms with van der Waals surface area (Å²) in [5.41, 5.74) is 10.4. The summed E-state index contributed by atoms with van der Waals surface area (Å²) in [5.74, 6) is 1.01. The molecule has 116 valence electrons. The van der Waals surface area contributed by atoms with E-state index in [1.807, 2.05) is 27.0 Å². The highest BCUT2D eigenvalue weighted by atomic mass is 15.3. The first-order valence-corrected chi connectivity index (χ1v) is 7.37. The number of hydrogen-bond donors (Lipinski definition) is 1. The van der Waals surface area contributed by atoms with E-state index in [1.165, 1.54) is 11.1 Å². The Kier molecular flexibility index (Phi) is 5.09. The molecule has 0 amide bonds. The summed E-state index contributed by atoms with van der Waals surface area (Å²) in [6, 6.07) is 10.4. The van der Waals surface area contributed by atoms with Gasteiger partial charge in [0, 0.05) is 25.0 Å². The van der Waals surface area contributed by atoms with E-state index in [-0.39, 0.29) is 0 Å². The molecule has 1 heterocycles. The summed E-state index contributed by atoms with van der Waals surface area (Å²) in [7, 11) is 1.83. The van der Waals surface area contributed by atoms with Gasteiger partial charge >= 0.3 is 0 Å². The van der Waals surface area contributed by atoms with Gasteiger partial charge in [-0.1, -0.05) is 29.8 Å². The van der Waals surface area contributed by atoms with Crippen LogP contribution in [0, 0.1) is 20.8 Å². The van der Waals surface area contributed by atoms with Crippen molar-refractivity contribution in [3.63, 3.8) is 0 Å². The highest BCUT2D eigenvalue weighted by Crippen LogP contribution is 2.08. The smallest absolute Gasteiger partial charge is 0.232 e. The average molecular weight is 297 g/mol. The number of nitrogens with zero attached hydrogens (tertiary/aromatic N) is 4. The van der Waals surface area contributed by atoms with Crippen molar-refractivity contribution in [2.45, 2.75) is 27.2 Å². The van der Waals surface area contributed by atoms with Gasteiger partial charge in [0.05, 0.1) is 0 Å². The first-order valence-electron chi connectivity index (χ1n) is 7.37. The molecule has 2 N–H and O–H groups in total. The van der Waals surface area contributed by atoms with Crippen LogP contribution in [0.15, 0.2) is 35.3 Å². The molecule has 0 fully saturated rings. The third-order valence-corrected chi connectivity index (χ3v) is 3.41. The van der Waals surface area contributed by atoms with Crippen LogP contribution in [0.5, 0.6) is 0 Å². The maximum absolute atomic E-state index is 6.03. The van der Waals surface area contributed by atoms with Crippen molar-refractivity contribution in [2.75, 3.05) is 18.5 Å². The van der Waals surface area contributed by atoms with E-state index in [2.05, 4.69) is 46.1 Å². The quantitative estimate of drug-likeness (QED) is 0.695. The van der Waals surface area contributed by atoms with Crippen LogP contribution in [0.1, 0.15) is 22.5 Å². The van der Waals surface area contributed by atoms with Gasteiger partial charge in [0.15, 0.2) is 5.96 Å². The summed E-state index contributed by atoms with van der Waals surface area (Å²) >= 11 is 0. The number of anilines is 1. The van der Waals surface area contributed by atoms with Gasteiger partial charge in [-0.2, -0.15) is 0 Å². The van der Waals surface area contributed by atoms with Crippen LogP contribution in [0.2, 0.25) is 0 Å². The Morgan fingerprint density at radius 2 is 1.68 bits per heavy atom. The molecule has 0 spiro atoms. The molecule has 2 aromatic rings. The van der Waals surface area contributed by atoms with E-state index in [0.29, 0.717) is 18.5 Å². The van der Waals surface area contributed by atoms with E-state index < -0.39 is 0 Å². The van der Waals surface area contributed by atoms with E-state index in [4.69, 9.17) is 5.73 Å². The molecule has 0 atom stereocenters. The van der Waals surface area contributed by atoms with Crippen molar-refractivity contribution >= 4 is 11.9 Å². The molecule has 1 aromatic carbocycles. The number of aromatic nitrogens is 2. The third-order valence-electron chi connectivity index (χ3n) is 3.41. The Morgan fingerprint density at radius 3 is 2.27 bits per heavy atom. The van der Waals surface area contributed by atoms with Crippen LogP contribution < -0.4 is 10.6 Å². The number of aryl methyl sites for hydroxylation is 3. The molecule has 0 aliphatic rings. The summed E-state index contributed by atoms with van der Waals surface area (Å²) in [6.07, 6.45) is 0.864. The van der Waals surface area contributed by atoms with E-state index in [1.54, 1.807) is 4.90 Å². The number of aliphatic imine (C=N–C) groups is 1. The van der Waals surface area contributed by atoms with Gasteiger partial charge in [-0.25, -0.2) is 9.97 Å². The summed E-state index contributed by atoms with van der Waals surface area (Å²) < 4.78 is 0. The summed E-state index contributed by atoms with van der Waals surface area (Å²) in [6.45, 7) is 6.61. The molecule has 0 aliphatic heterocycles. The van der Waals surface area contributed by atoms with Crippen LogP contribution in [0.25, 0.3) is 0 Å². The minimum atomic E-state index is 0.428. The Bertz CT molecular complexity index is 641. The van der Waals surface area contributed by atoms with Crippen LogP contribution in [0.4, 0.5) is 5.95 Å². The van der Waals surface area contributed by atoms with Gasteiger partial charge < -0.3 is 5.73 Å². The fraction of sp³-hybridized carbons (Fsp3) is 0.353. The zero-order valence-corrected chi connectivity index (χ0v) is 13.7. The van der Waals surface area contributed by atoms with Gasteiger partial charge in [-0.05, 0) is 38.8 Å². The summed E-state index contributed by atoms with van der Waals surface area (Å²) in [4.78, 5) is 14.9. The van der Waals surface area contributed by atoms with E-state index >= 15 is 0 Å². The minimum absolute atomic E-state index is 0.428. The predicted octanol–water partition coefficient (Wildman–Crippen LogP) is 2.40. The van der Waals surface area contributed by atoms with Gasteiger partial charge in [0.25, 0.3) is 0 Å². The lowest BCUT2D eigenvalue weighted by Gasteiger charge is -2.16. The second-order valence-electron chi connectivity index (χ2n) is 5.49.